The average Bonchev–Trinajstić information content (AvgIpc) is 2.69. The van der Waals surface area contributed by atoms with Crippen molar-refractivity contribution in [1.29, 1.82) is 0 Å². The molecule has 26 heavy (non-hydrogen) atoms. The molecule has 0 radical (unpaired) electrons. The monoisotopic (exact) mass is 349 g/mol. The van der Waals surface area contributed by atoms with Crippen LogP contribution in [-0.2, 0) is 6.54 Å². The molecule has 0 saturated heterocycles. The molecule has 0 fully saturated rings. The Labute approximate surface area is 154 Å². The standard InChI is InChI=1S/C22H23NO3/c1-3-25-21-14-9-17(15-22(21)24-2)16-23-18-10-12-20(13-11-18)26-19-7-5-4-6-8-19/h4-15,23H,3,16H2,1-2H3. The molecular formula is C22H23NO3. The van der Waals surface area contributed by atoms with Crippen molar-refractivity contribution in [2.45, 2.75) is 13.5 Å². The highest BCUT2D eigenvalue weighted by atomic mass is 16.5. The Morgan fingerprint density at radius 1 is 0.808 bits per heavy atom. The van der Waals surface area contributed by atoms with Gasteiger partial charge in [0.05, 0.1) is 13.7 Å². The molecule has 0 aliphatic heterocycles. The van der Waals surface area contributed by atoms with Crippen LogP contribution >= 0.6 is 0 Å². The predicted molar refractivity (Wildman–Crippen MR) is 104 cm³/mol. The minimum Gasteiger partial charge on any atom is -0.493 e. The fraction of sp³-hybridized carbons (Fsp3) is 0.182. The zero-order valence-corrected chi connectivity index (χ0v) is 15.1. The van der Waals surface area contributed by atoms with Gasteiger partial charge in [-0.3, -0.25) is 0 Å². The maximum absolute atomic E-state index is 5.80. The molecule has 3 aromatic rings. The van der Waals surface area contributed by atoms with Crippen LogP contribution in [0.5, 0.6) is 23.0 Å². The van der Waals surface area contributed by atoms with E-state index in [-0.39, 0.29) is 0 Å². The van der Waals surface area contributed by atoms with Crippen LogP contribution in [0.1, 0.15) is 12.5 Å². The highest BCUT2D eigenvalue weighted by Gasteiger charge is 2.05. The highest BCUT2D eigenvalue weighted by Crippen LogP contribution is 2.28. The second kappa shape index (κ2) is 8.81. The number of hydrogen-bond donors (Lipinski definition) is 1. The summed E-state index contributed by atoms with van der Waals surface area (Å²) < 4.78 is 16.7. The maximum atomic E-state index is 5.80. The summed E-state index contributed by atoms with van der Waals surface area (Å²) in [7, 11) is 1.65. The zero-order chi connectivity index (χ0) is 18.2. The zero-order valence-electron chi connectivity index (χ0n) is 15.1. The Bertz CT molecular complexity index is 817. The van der Waals surface area contributed by atoms with Gasteiger partial charge in [-0.25, -0.2) is 0 Å². The number of ether oxygens (including phenoxy) is 3. The van der Waals surface area contributed by atoms with E-state index >= 15 is 0 Å². The van der Waals surface area contributed by atoms with Gasteiger partial charge in [-0.05, 0) is 61.0 Å². The van der Waals surface area contributed by atoms with Crippen LogP contribution in [0.4, 0.5) is 5.69 Å². The SMILES string of the molecule is CCOc1ccc(CNc2ccc(Oc3ccccc3)cc2)cc1OC. The first-order valence-electron chi connectivity index (χ1n) is 8.65. The lowest BCUT2D eigenvalue weighted by atomic mass is 10.2. The number of benzene rings is 3. The number of anilines is 1. The summed E-state index contributed by atoms with van der Waals surface area (Å²) in [5.74, 6) is 3.15. The first kappa shape index (κ1) is 17.7. The average molecular weight is 349 g/mol. The van der Waals surface area contributed by atoms with Crippen LogP contribution < -0.4 is 19.5 Å². The number of nitrogens with one attached hydrogen (secondary N) is 1. The lowest BCUT2D eigenvalue weighted by Crippen LogP contribution is -2.01. The molecule has 0 atom stereocenters. The van der Waals surface area contributed by atoms with Gasteiger partial charge >= 0.3 is 0 Å². The summed E-state index contributed by atoms with van der Waals surface area (Å²) in [6.07, 6.45) is 0. The minimum atomic E-state index is 0.616. The van der Waals surface area contributed by atoms with Gasteiger partial charge in [0, 0.05) is 12.2 Å². The van der Waals surface area contributed by atoms with Gasteiger partial charge in [0.15, 0.2) is 11.5 Å². The van der Waals surface area contributed by atoms with E-state index in [4.69, 9.17) is 14.2 Å². The first-order chi connectivity index (χ1) is 12.8. The molecule has 4 heteroatoms. The minimum absolute atomic E-state index is 0.616. The van der Waals surface area contributed by atoms with Crippen LogP contribution in [0, 0.1) is 0 Å². The van der Waals surface area contributed by atoms with Crippen molar-refractivity contribution >= 4 is 5.69 Å². The summed E-state index contributed by atoms with van der Waals surface area (Å²) in [5.41, 5.74) is 2.15. The van der Waals surface area contributed by atoms with E-state index in [1.54, 1.807) is 7.11 Å². The van der Waals surface area contributed by atoms with Crippen molar-refractivity contribution in [1.82, 2.24) is 0 Å². The van der Waals surface area contributed by atoms with Crippen LogP contribution in [0.2, 0.25) is 0 Å². The number of para-hydroxylation sites is 1. The molecule has 134 valence electrons. The quantitative estimate of drug-likeness (QED) is 0.583. The molecule has 0 spiro atoms. The van der Waals surface area contributed by atoms with E-state index in [1.807, 2.05) is 79.7 Å². The topological polar surface area (TPSA) is 39.7 Å². The van der Waals surface area contributed by atoms with Crippen molar-refractivity contribution in [3.8, 4) is 23.0 Å². The molecule has 0 heterocycles. The van der Waals surface area contributed by atoms with Gasteiger partial charge in [0.25, 0.3) is 0 Å². The normalized spacial score (nSPS) is 10.2. The van der Waals surface area contributed by atoms with Gasteiger partial charge < -0.3 is 19.5 Å². The van der Waals surface area contributed by atoms with E-state index in [2.05, 4.69) is 5.32 Å². The summed E-state index contributed by atoms with van der Waals surface area (Å²) in [5, 5.41) is 3.40. The van der Waals surface area contributed by atoms with Gasteiger partial charge in [-0.15, -0.1) is 0 Å². The second-order valence-corrected chi connectivity index (χ2v) is 5.71. The van der Waals surface area contributed by atoms with E-state index in [1.165, 1.54) is 0 Å². The van der Waals surface area contributed by atoms with Crippen LogP contribution in [0.15, 0.2) is 72.8 Å². The van der Waals surface area contributed by atoms with Gasteiger partial charge in [-0.1, -0.05) is 24.3 Å². The second-order valence-electron chi connectivity index (χ2n) is 5.71. The third-order valence-corrected chi connectivity index (χ3v) is 3.86. The molecular weight excluding hydrogens is 326 g/mol. The van der Waals surface area contributed by atoms with Gasteiger partial charge in [-0.2, -0.15) is 0 Å². The molecule has 3 rings (SSSR count). The van der Waals surface area contributed by atoms with Crippen LogP contribution in [0.3, 0.4) is 0 Å². The van der Waals surface area contributed by atoms with Crippen molar-refractivity contribution < 1.29 is 14.2 Å². The Balaban J connectivity index is 1.59. The third kappa shape index (κ3) is 4.70. The largest absolute Gasteiger partial charge is 0.493 e. The third-order valence-electron chi connectivity index (χ3n) is 3.86. The lowest BCUT2D eigenvalue weighted by molar-refractivity contribution is 0.310. The predicted octanol–water partition coefficient (Wildman–Crippen LogP) is 5.50. The molecule has 0 saturated carbocycles. The van der Waals surface area contributed by atoms with E-state index in [0.29, 0.717) is 13.2 Å². The molecule has 1 N–H and O–H groups in total. The summed E-state index contributed by atoms with van der Waals surface area (Å²) in [4.78, 5) is 0. The van der Waals surface area contributed by atoms with Gasteiger partial charge in [0.1, 0.15) is 11.5 Å². The van der Waals surface area contributed by atoms with Gasteiger partial charge in [0.2, 0.25) is 0 Å². The molecule has 0 aliphatic rings. The molecule has 3 aromatic carbocycles. The number of methoxy groups -OCH3 is 1. The van der Waals surface area contributed by atoms with E-state index < -0.39 is 0 Å². The molecule has 0 unspecified atom stereocenters. The fourth-order valence-electron chi connectivity index (χ4n) is 2.57. The summed E-state index contributed by atoms with van der Waals surface area (Å²) in [6.45, 7) is 3.27. The molecule has 4 nitrogen and oxygen atoms in total. The Kier molecular flexibility index (Phi) is 5.99. The summed E-state index contributed by atoms with van der Waals surface area (Å²) in [6, 6.07) is 23.6. The fourth-order valence-corrected chi connectivity index (χ4v) is 2.57. The van der Waals surface area contributed by atoms with Crippen LogP contribution in [0.25, 0.3) is 0 Å². The van der Waals surface area contributed by atoms with Crippen molar-refractivity contribution in [2.24, 2.45) is 0 Å². The molecule has 0 aromatic heterocycles. The maximum Gasteiger partial charge on any atom is 0.161 e. The summed E-state index contributed by atoms with van der Waals surface area (Å²) >= 11 is 0. The van der Waals surface area contributed by atoms with Crippen molar-refractivity contribution in [2.75, 3.05) is 19.0 Å². The van der Waals surface area contributed by atoms with E-state index in [0.717, 1.165) is 34.2 Å². The molecule has 0 amide bonds. The van der Waals surface area contributed by atoms with E-state index in [9.17, 15) is 0 Å². The molecule has 0 bridgehead atoms. The number of rotatable bonds is 8. The first-order valence-corrected chi connectivity index (χ1v) is 8.65. The Morgan fingerprint density at radius 3 is 2.23 bits per heavy atom. The Hall–Kier alpha value is -3.14. The van der Waals surface area contributed by atoms with Crippen molar-refractivity contribution in [3.63, 3.8) is 0 Å². The number of hydrogen-bond acceptors (Lipinski definition) is 4. The smallest absolute Gasteiger partial charge is 0.161 e. The lowest BCUT2D eigenvalue weighted by Gasteiger charge is -2.12. The molecule has 0 aliphatic carbocycles. The Morgan fingerprint density at radius 2 is 1.54 bits per heavy atom. The van der Waals surface area contributed by atoms with Crippen molar-refractivity contribution in [3.05, 3.63) is 78.4 Å². The van der Waals surface area contributed by atoms with Crippen LogP contribution in [-0.4, -0.2) is 13.7 Å². The highest BCUT2D eigenvalue weighted by molar-refractivity contribution is 5.49.